The summed E-state index contributed by atoms with van der Waals surface area (Å²) in [6, 6.07) is 14.9. The van der Waals surface area contributed by atoms with Crippen LogP contribution in [0.25, 0.3) is 0 Å². The van der Waals surface area contributed by atoms with Crippen LogP contribution in [-0.4, -0.2) is 18.5 Å². The lowest BCUT2D eigenvalue weighted by atomic mass is 9.88. The lowest BCUT2D eigenvalue weighted by molar-refractivity contribution is -0.117. The van der Waals surface area contributed by atoms with E-state index in [1.54, 1.807) is 31.2 Å². The fourth-order valence-electron chi connectivity index (χ4n) is 3.85. The van der Waals surface area contributed by atoms with Gasteiger partial charge in [0, 0.05) is 11.9 Å². The van der Waals surface area contributed by atoms with E-state index in [2.05, 4.69) is 28.8 Å². The maximum atomic E-state index is 12.7. The van der Waals surface area contributed by atoms with Crippen LogP contribution in [0.1, 0.15) is 66.2 Å². The molecule has 1 aliphatic carbocycles. The summed E-state index contributed by atoms with van der Waals surface area (Å²) in [6.07, 6.45) is 6.74. The zero-order valence-corrected chi connectivity index (χ0v) is 18.6. The molecule has 3 rings (SSSR count). The van der Waals surface area contributed by atoms with Crippen molar-refractivity contribution in [1.82, 2.24) is 5.32 Å². The number of nitriles is 1. The number of fused-ring (bicyclic) bond motifs is 1. The molecule has 0 bridgehead atoms. The van der Waals surface area contributed by atoms with Crippen LogP contribution in [0.15, 0.2) is 54.2 Å². The summed E-state index contributed by atoms with van der Waals surface area (Å²) in [5.41, 5.74) is 4.91. The molecule has 0 fully saturated rings. The van der Waals surface area contributed by atoms with Crippen LogP contribution < -0.4 is 10.6 Å². The molecule has 0 aliphatic heterocycles. The molecule has 166 valence electrons. The lowest BCUT2D eigenvalue weighted by Crippen LogP contribution is -2.29. The smallest absolute Gasteiger partial charge is 0.338 e. The quantitative estimate of drug-likeness (QED) is 0.355. The van der Waals surface area contributed by atoms with Crippen molar-refractivity contribution in [2.45, 2.75) is 52.0 Å². The number of nitrogens with one attached hydrogen (secondary N) is 2. The average molecular weight is 432 g/mol. The number of carbonyl (C=O) groups excluding carboxylic acids is 2. The second-order valence-corrected chi connectivity index (χ2v) is 7.78. The van der Waals surface area contributed by atoms with Crippen molar-refractivity contribution < 1.29 is 14.3 Å². The van der Waals surface area contributed by atoms with Crippen molar-refractivity contribution in [2.24, 2.45) is 0 Å². The molecule has 32 heavy (non-hydrogen) atoms. The van der Waals surface area contributed by atoms with E-state index in [1.165, 1.54) is 30.2 Å². The highest BCUT2D eigenvalue weighted by atomic mass is 16.5. The second-order valence-electron chi connectivity index (χ2n) is 7.78. The normalized spacial score (nSPS) is 14.0. The Kier molecular flexibility index (Phi) is 8.04. The zero-order chi connectivity index (χ0) is 22.9. The Morgan fingerprint density at radius 3 is 2.47 bits per heavy atom. The number of rotatable bonds is 8. The number of ether oxygens (including phenoxy) is 1. The van der Waals surface area contributed by atoms with Gasteiger partial charge in [-0.05, 0) is 80.0 Å². The minimum absolute atomic E-state index is 0.0177. The highest BCUT2D eigenvalue weighted by molar-refractivity contribution is 5.97. The number of nitrogens with zero attached hydrogens (tertiary/aromatic N) is 1. The summed E-state index contributed by atoms with van der Waals surface area (Å²) in [6.45, 7) is 4.08. The molecular formula is C26H29N3O3. The molecule has 2 aromatic rings. The molecule has 0 saturated carbocycles. The van der Waals surface area contributed by atoms with E-state index in [0.29, 0.717) is 17.9 Å². The van der Waals surface area contributed by atoms with E-state index in [-0.39, 0.29) is 17.6 Å². The third-order valence-electron chi connectivity index (χ3n) is 5.63. The molecule has 1 atom stereocenters. The summed E-state index contributed by atoms with van der Waals surface area (Å²) in [5, 5.41) is 15.4. The third kappa shape index (κ3) is 5.76. The minimum Gasteiger partial charge on any atom is -0.462 e. The van der Waals surface area contributed by atoms with Crippen LogP contribution in [0.5, 0.6) is 0 Å². The van der Waals surface area contributed by atoms with E-state index in [0.717, 1.165) is 24.8 Å². The molecule has 2 aromatic carbocycles. The highest BCUT2D eigenvalue weighted by Gasteiger charge is 2.18. The Bertz CT molecular complexity index is 1040. The van der Waals surface area contributed by atoms with Gasteiger partial charge >= 0.3 is 5.97 Å². The number of anilines is 1. The number of aryl methyl sites for hydroxylation is 2. The number of benzene rings is 2. The summed E-state index contributed by atoms with van der Waals surface area (Å²) < 4.78 is 4.96. The fourth-order valence-corrected chi connectivity index (χ4v) is 3.85. The monoisotopic (exact) mass is 431 g/mol. The van der Waals surface area contributed by atoms with Crippen molar-refractivity contribution in [3.05, 3.63) is 76.5 Å². The number of esters is 1. The van der Waals surface area contributed by atoms with E-state index >= 15 is 0 Å². The van der Waals surface area contributed by atoms with Gasteiger partial charge in [0.15, 0.2) is 0 Å². The van der Waals surface area contributed by atoms with E-state index in [4.69, 9.17) is 4.74 Å². The fraction of sp³-hybridized carbons (Fsp3) is 0.346. The summed E-state index contributed by atoms with van der Waals surface area (Å²) in [4.78, 5) is 24.5. The zero-order valence-electron chi connectivity index (χ0n) is 18.6. The van der Waals surface area contributed by atoms with Gasteiger partial charge in [-0.15, -0.1) is 0 Å². The number of carbonyl (C=O) groups is 2. The van der Waals surface area contributed by atoms with Crippen LogP contribution in [-0.2, 0) is 22.4 Å². The number of hydrogen-bond donors (Lipinski definition) is 2. The van der Waals surface area contributed by atoms with Gasteiger partial charge in [0.2, 0.25) is 0 Å². The Morgan fingerprint density at radius 2 is 1.81 bits per heavy atom. The highest BCUT2D eigenvalue weighted by Crippen LogP contribution is 2.26. The van der Waals surface area contributed by atoms with Crippen molar-refractivity contribution in [2.75, 3.05) is 11.9 Å². The van der Waals surface area contributed by atoms with Crippen LogP contribution in [0.2, 0.25) is 0 Å². The standard InChI is InChI=1S/C26H29N3O3/c1-3-24(21-10-9-18-7-5-6-8-20(18)15-21)29-25(30)22(16-27)17-28-23-13-11-19(12-14-23)26(31)32-4-2/h9-15,17,24,28H,3-8H2,1-2H3,(H,29,30)/b22-17-. The molecule has 1 unspecified atom stereocenters. The molecule has 1 aliphatic rings. The summed E-state index contributed by atoms with van der Waals surface area (Å²) >= 11 is 0. The molecule has 0 saturated heterocycles. The van der Waals surface area contributed by atoms with Gasteiger partial charge in [-0.3, -0.25) is 4.79 Å². The minimum atomic E-state index is -0.423. The number of hydrogen-bond acceptors (Lipinski definition) is 5. The molecule has 0 spiro atoms. The Balaban J connectivity index is 1.66. The van der Waals surface area contributed by atoms with E-state index < -0.39 is 5.91 Å². The van der Waals surface area contributed by atoms with E-state index in [1.807, 2.05) is 13.0 Å². The van der Waals surface area contributed by atoms with Crippen molar-refractivity contribution >= 4 is 17.6 Å². The predicted octanol–water partition coefficient (Wildman–Crippen LogP) is 4.83. The van der Waals surface area contributed by atoms with Crippen molar-refractivity contribution in [3.63, 3.8) is 0 Å². The van der Waals surface area contributed by atoms with Crippen LogP contribution in [0.4, 0.5) is 5.69 Å². The predicted molar refractivity (Wildman–Crippen MR) is 124 cm³/mol. The van der Waals surface area contributed by atoms with Crippen LogP contribution >= 0.6 is 0 Å². The second kappa shape index (κ2) is 11.1. The van der Waals surface area contributed by atoms with Gasteiger partial charge in [0.1, 0.15) is 11.6 Å². The molecule has 0 aromatic heterocycles. The molecule has 0 radical (unpaired) electrons. The topological polar surface area (TPSA) is 91.2 Å². The van der Waals surface area contributed by atoms with Gasteiger partial charge < -0.3 is 15.4 Å². The first-order chi connectivity index (χ1) is 15.5. The van der Waals surface area contributed by atoms with Gasteiger partial charge in [0.25, 0.3) is 5.91 Å². The Labute approximate surface area is 189 Å². The first-order valence-corrected chi connectivity index (χ1v) is 11.1. The number of amides is 1. The molecule has 2 N–H and O–H groups in total. The van der Waals surface area contributed by atoms with E-state index in [9.17, 15) is 14.9 Å². The maximum absolute atomic E-state index is 12.7. The molecule has 0 heterocycles. The molecule has 6 nitrogen and oxygen atoms in total. The van der Waals surface area contributed by atoms with Crippen LogP contribution in [0.3, 0.4) is 0 Å². The largest absolute Gasteiger partial charge is 0.462 e. The summed E-state index contributed by atoms with van der Waals surface area (Å²) in [5.74, 6) is -0.813. The van der Waals surface area contributed by atoms with Crippen LogP contribution in [0, 0.1) is 11.3 Å². The van der Waals surface area contributed by atoms with Gasteiger partial charge in [0.05, 0.1) is 18.2 Å². The Hall–Kier alpha value is -3.59. The Morgan fingerprint density at radius 1 is 1.09 bits per heavy atom. The molecule has 1 amide bonds. The first-order valence-electron chi connectivity index (χ1n) is 11.1. The van der Waals surface area contributed by atoms with Crippen molar-refractivity contribution in [1.29, 1.82) is 5.26 Å². The van der Waals surface area contributed by atoms with Gasteiger partial charge in [-0.1, -0.05) is 25.1 Å². The maximum Gasteiger partial charge on any atom is 0.338 e. The average Bonchev–Trinajstić information content (AvgIpc) is 2.83. The van der Waals surface area contributed by atoms with Crippen molar-refractivity contribution in [3.8, 4) is 6.07 Å². The lowest BCUT2D eigenvalue weighted by Gasteiger charge is -2.21. The first kappa shape index (κ1) is 23.1. The summed E-state index contributed by atoms with van der Waals surface area (Å²) in [7, 11) is 0. The molecule has 6 heteroatoms. The SMILES string of the molecule is CCOC(=O)c1ccc(N/C=C(/C#N)C(=O)NC(CC)c2ccc3c(c2)CCCC3)cc1. The van der Waals surface area contributed by atoms with Gasteiger partial charge in [-0.25, -0.2) is 4.79 Å². The molecular weight excluding hydrogens is 402 g/mol. The third-order valence-corrected chi connectivity index (χ3v) is 5.63. The van der Waals surface area contributed by atoms with Gasteiger partial charge in [-0.2, -0.15) is 5.26 Å².